The predicted molar refractivity (Wildman–Crippen MR) is 126 cm³/mol. The maximum Gasteiger partial charge on any atom is 0.350 e. The van der Waals surface area contributed by atoms with Crippen LogP contribution in [0, 0.1) is 0 Å². The van der Waals surface area contributed by atoms with Crippen LogP contribution >= 0.6 is 22.9 Å². The molecule has 0 amide bonds. The number of hydrogen-bond acceptors (Lipinski definition) is 8. The number of ether oxygens (including phenoxy) is 2. The topological polar surface area (TPSA) is 131 Å². The van der Waals surface area contributed by atoms with Crippen molar-refractivity contribution in [2.24, 2.45) is 4.99 Å². The molecule has 0 fully saturated rings. The lowest BCUT2D eigenvalue weighted by Gasteiger charge is -2.06. The maximum absolute atomic E-state index is 12.4. The minimum Gasteiger partial charge on any atom is -0.462 e. The van der Waals surface area contributed by atoms with Gasteiger partial charge in [0.25, 0.3) is 5.19 Å². The van der Waals surface area contributed by atoms with Gasteiger partial charge in [0.05, 0.1) is 25.0 Å². The number of carbonyl (C=O) groups is 1. The third kappa shape index (κ3) is 5.69. The summed E-state index contributed by atoms with van der Waals surface area (Å²) in [6, 6.07) is 13.6. The average molecular weight is 500 g/mol. The highest BCUT2D eigenvalue weighted by atomic mass is 35.5. The zero-order chi connectivity index (χ0) is 24.1. The van der Waals surface area contributed by atoms with Gasteiger partial charge in [-0.1, -0.05) is 35.1 Å². The summed E-state index contributed by atoms with van der Waals surface area (Å²) in [5.41, 5.74) is 0.0924. The minimum absolute atomic E-state index is 0.0800. The van der Waals surface area contributed by atoms with Crippen molar-refractivity contribution in [1.29, 1.82) is 0 Å². The lowest BCUT2D eigenvalue weighted by molar-refractivity contribution is 0.0532. The van der Waals surface area contributed by atoms with Crippen LogP contribution in [-0.2, 0) is 11.3 Å². The van der Waals surface area contributed by atoms with E-state index in [1.54, 1.807) is 55.5 Å². The van der Waals surface area contributed by atoms with Gasteiger partial charge in [-0.2, -0.15) is 0 Å². The summed E-state index contributed by atoms with van der Waals surface area (Å²) in [6.45, 7) is 2.18. The average Bonchev–Trinajstić information content (AvgIpc) is 3.27. The molecule has 34 heavy (non-hydrogen) atoms. The van der Waals surface area contributed by atoms with E-state index in [-0.39, 0.29) is 24.0 Å². The van der Waals surface area contributed by atoms with E-state index >= 15 is 0 Å². The Morgan fingerprint density at radius 2 is 1.85 bits per heavy atom. The number of esters is 1. The van der Waals surface area contributed by atoms with E-state index in [2.05, 4.69) is 19.9 Å². The summed E-state index contributed by atoms with van der Waals surface area (Å²) in [4.78, 5) is 49.6. The van der Waals surface area contributed by atoms with E-state index < -0.39 is 17.3 Å². The number of carbonyl (C=O) groups excluding carboxylic acids is 1. The van der Waals surface area contributed by atoms with Crippen molar-refractivity contribution in [1.82, 2.24) is 19.5 Å². The van der Waals surface area contributed by atoms with Crippen molar-refractivity contribution in [3.05, 3.63) is 96.8 Å². The van der Waals surface area contributed by atoms with E-state index in [0.29, 0.717) is 21.3 Å². The largest absolute Gasteiger partial charge is 0.462 e. The second-order valence-corrected chi connectivity index (χ2v) is 8.27. The van der Waals surface area contributed by atoms with Gasteiger partial charge >= 0.3 is 17.3 Å². The molecule has 2 N–H and O–H groups in total. The van der Waals surface area contributed by atoms with Crippen molar-refractivity contribution < 1.29 is 14.3 Å². The molecular formula is C22H18ClN5O5S. The summed E-state index contributed by atoms with van der Waals surface area (Å²) >= 11 is 6.99. The molecule has 0 unspecified atom stereocenters. The molecule has 0 aliphatic carbocycles. The third-order valence-electron chi connectivity index (χ3n) is 4.44. The van der Waals surface area contributed by atoms with Gasteiger partial charge in [0, 0.05) is 5.02 Å². The molecule has 4 aromatic rings. The first-order chi connectivity index (χ1) is 16.4. The number of halogens is 1. The van der Waals surface area contributed by atoms with Crippen LogP contribution in [0.2, 0.25) is 5.02 Å². The van der Waals surface area contributed by atoms with Gasteiger partial charge in [-0.05, 0) is 48.9 Å². The number of thiazole rings is 1. The Morgan fingerprint density at radius 1 is 1.12 bits per heavy atom. The van der Waals surface area contributed by atoms with E-state index in [4.69, 9.17) is 21.1 Å². The van der Waals surface area contributed by atoms with Gasteiger partial charge in [-0.3, -0.25) is 14.5 Å². The van der Waals surface area contributed by atoms with E-state index in [1.165, 1.54) is 10.8 Å². The van der Waals surface area contributed by atoms with Crippen molar-refractivity contribution in [3.8, 4) is 10.9 Å². The highest BCUT2D eigenvalue weighted by molar-refractivity contribution is 7.15. The molecule has 0 saturated carbocycles. The molecule has 2 heterocycles. The highest BCUT2D eigenvalue weighted by Gasteiger charge is 2.12. The Labute approximate surface area is 201 Å². The lowest BCUT2D eigenvalue weighted by Crippen LogP contribution is -2.44. The summed E-state index contributed by atoms with van der Waals surface area (Å²) in [7, 11) is 0. The normalized spacial score (nSPS) is 11.4. The second kappa shape index (κ2) is 10.3. The third-order valence-corrected chi connectivity index (χ3v) is 5.55. The molecule has 10 nitrogen and oxygen atoms in total. The number of benzene rings is 2. The van der Waals surface area contributed by atoms with Crippen LogP contribution in [0.15, 0.2) is 69.3 Å². The number of aromatic nitrogens is 4. The smallest absolute Gasteiger partial charge is 0.350 e. The Morgan fingerprint density at radius 3 is 2.56 bits per heavy atom. The maximum atomic E-state index is 12.4. The molecule has 0 aliphatic rings. The quantitative estimate of drug-likeness (QED) is 0.375. The fourth-order valence-electron chi connectivity index (χ4n) is 2.88. The molecule has 0 spiro atoms. The molecule has 12 heteroatoms. The summed E-state index contributed by atoms with van der Waals surface area (Å²) in [5, 5.41) is 0.860. The van der Waals surface area contributed by atoms with Crippen molar-refractivity contribution in [2.45, 2.75) is 13.5 Å². The van der Waals surface area contributed by atoms with Gasteiger partial charge in [-0.15, -0.1) is 0 Å². The first kappa shape index (κ1) is 23.2. The van der Waals surface area contributed by atoms with Crippen LogP contribution in [0.5, 0.6) is 10.9 Å². The molecule has 4 rings (SSSR count). The Balaban J connectivity index is 1.57. The fourth-order valence-corrected chi connectivity index (χ4v) is 3.69. The molecule has 0 atom stereocenters. The number of H-pyrrole nitrogens is 2. The monoisotopic (exact) mass is 499 g/mol. The number of nitrogens with one attached hydrogen (secondary N) is 2. The van der Waals surface area contributed by atoms with Crippen LogP contribution in [-0.4, -0.2) is 32.1 Å². The summed E-state index contributed by atoms with van der Waals surface area (Å²) < 4.78 is 11.9. The van der Waals surface area contributed by atoms with Crippen molar-refractivity contribution >= 4 is 34.6 Å². The molecule has 0 aliphatic heterocycles. The Bertz CT molecular complexity index is 1490. The van der Waals surface area contributed by atoms with Crippen molar-refractivity contribution in [2.75, 3.05) is 6.61 Å². The van der Waals surface area contributed by atoms with Crippen LogP contribution < -0.4 is 21.7 Å². The molecule has 0 radical (unpaired) electrons. The first-order valence-corrected chi connectivity index (χ1v) is 11.2. The van der Waals surface area contributed by atoms with Crippen LogP contribution in [0.25, 0.3) is 0 Å². The molecule has 2 aromatic carbocycles. The Kier molecular flexibility index (Phi) is 7.04. The number of hydrogen-bond donors (Lipinski definition) is 2. The zero-order valence-electron chi connectivity index (χ0n) is 17.8. The van der Waals surface area contributed by atoms with Gasteiger partial charge in [0.15, 0.2) is 0 Å². The fraction of sp³-hybridized carbons (Fsp3) is 0.136. The lowest BCUT2D eigenvalue weighted by atomic mass is 10.2. The summed E-state index contributed by atoms with van der Waals surface area (Å²) in [6.07, 6.45) is 1.39. The molecule has 0 bridgehead atoms. The van der Waals surface area contributed by atoms with Crippen LogP contribution in [0.1, 0.15) is 22.2 Å². The second-order valence-electron chi connectivity index (χ2n) is 6.84. The van der Waals surface area contributed by atoms with Gasteiger partial charge < -0.3 is 9.47 Å². The molecule has 0 saturated heterocycles. The van der Waals surface area contributed by atoms with Gasteiger partial charge in [0.1, 0.15) is 10.6 Å². The molecule has 174 valence electrons. The predicted octanol–water partition coefficient (Wildman–Crippen LogP) is 3.22. The molecule has 2 aromatic heterocycles. The SMILES string of the molecule is CCOC(=O)c1cnc(Oc2ccc(/N=c3\[nH]c(=O)[nH]c(=O)n3Cc3ccc(Cl)cc3)cc2)s1. The number of rotatable bonds is 7. The van der Waals surface area contributed by atoms with Gasteiger partial charge in [-0.25, -0.2) is 24.4 Å². The van der Waals surface area contributed by atoms with Crippen LogP contribution in [0.3, 0.4) is 0 Å². The van der Waals surface area contributed by atoms with Gasteiger partial charge in [0.2, 0.25) is 5.62 Å². The Hall–Kier alpha value is -3.96. The van der Waals surface area contributed by atoms with E-state index in [0.717, 1.165) is 16.9 Å². The number of nitrogens with zero attached hydrogens (tertiary/aromatic N) is 3. The standard InChI is InChI=1S/C22H18ClN5O5S/c1-2-32-18(29)17-11-24-22(34-17)33-16-9-7-15(8-10-16)25-19-26-20(30)27-21(31)28(19)12-13-3-5-14(23)6-4-13/h3-11H,2,12H2,1H3,(H2,25,26,27,30,31). The van der Waals surface area contributed by atoms with Crippen molar-refractivity contribution in [3.63, 3.8) is 0 Å². The van der Waals surface area contributed by atoms with E-state index in [1.807, 2.05) is 0 Å². The zero-order valence-corrected chi connectivity index (χ0v) is 19.4. The highest BCUT2D eigenvalue weighted by Crippen LogP contribution is 2.28. The molecular weight excluding hydrogens is 482 g/mol. The van der Waals surface area contributed by atoms with E-state index in [9.17, 15) is 14.4 Å². The summed E-state index contributed by atoms with van der Waals surface area (Å²) in [5.74, 6) is 0.0138. The minimum atomic E-state index is -0.669. The number of aromatic amines is 2. The van der Waals surface area contributed by atoms with Crippen LogP contribution in [0.4, 0.5) is 5.69 Å². The first-order valence-electron chi connectivity index (χ1n) is 10.0.